The SMILES string of the molecule is CC(C)(C1CCN(C(=O)Nc2ccc(F)cc2)CC1)[C@H](O)c1cc(Cl)cc2cn[nH]c12. The number of hydrogen-bond donors (Lipinski definition) is 3. The Balaban J connectivity index is 1.42. The van der Waals surface area contributed by atoms with Crippen LogP contribution in [0.15, 0.2) is 42.6 Å². The number of aromatic nitrogens is 2. The summed E-state index contributed by atoms with van der Waals surface area (Å²) in [5.41, 5.74) is 1.67. The van der Waals surface area contributed by atoms with Crippen molar-refractivity contribution in [2.75, 3.05) is 18.4 Å². The number of piperidine rings is 1. The summed E-state index contributed by atoms with van der Waals surface area (Å²) in [4.78, 5) is 14.3. The fraction of sp³-hybridized carbons (Fsp3) is 0.391. The van der Waals surface area contributed by atoms with Gasteiger partial charge in [-0.3, -0.25) is 5.10 Å². The van der Waals surface area contributed by atoms with Gasteiger partial charge < -0.3 is 15.3 Å². The van der Waals surface area contributed by atoms with Crippen LogP contribution >= 0.6 is 11.6 Å². The van der Waals surface area contributed by atoms with E-state index in [2.05, 4.69) is 29.4 Å². The third-order valence-electron chi connectivity index (χ3n) is 6.47. The molecule has 2 aromatic carbocycles. The van der Waals surface area contributed by atoms with Crippen molar-refractivity contribution in [2.45, 2.75) is 32.8 Å². The smallest absolute Gasteiger partial charge is 0.321 e. The first-order valence-corrected chi connectivity index (χ1v) is 10.8. The lowest BCUT2D eigenvalue weighted by atomic mass is 9.68. The number of fused-ring (bicyclic) bond motifs is 1. The summed E-state index contributed by atoms with van der Waals surface area (Å²) in [6.07, 6.45) is 2.50. The first-order chi connectivity index (χ1) is 14.8. The van der Waals surface area contributed by atoms with Gasteiger partial charge in [0.15, 0.2) is 0 Å². The molecule has 0 aliphatic carbocycles. The zero-order valence-corrected chi connectivity index (χ0v) is 18.3. The summed E-state index contributed by atoms with van der Waals surface area (Å²) in [5.74, 6) is -0.124. The number of carbonyl (C=O) groups is 1. The van der Waals surface area contributed by atoms with Crippen LogP contribution in [-0.4, -0.2) is 39.3 Å². The van der Waals surface area contributed by atoms with Gasteiger partial charge in [-0.15, -0.1) is 0 Å². The van der Waals surface area contributed by atoms with Gasteiger partial charge in [-0.2, -0.15) is 5.10 Å². The minimum atomic E-state index is -0.737. The molecule has 2 amide bonds. The van der Waals surface area contributed by atoms with E-state index in [1.54, 1.807) is 29.3 Å². The number of hydrogen-bond acceptors (Lipinski definition) is 3. The second kappa shape index (κ2) is 8.48. The first-order valence-electron chi connectivity index (χ1n) is 10.4. The number of halogens is 2. The molecule has 6 nitrogen and oxygen atoms in total. The van der Waals surface area contributed by atoms with Gasteiger partial charge in [-0.25, -0.2) is 9.18 Å². The molecular weight excluding hydrogens is 419 g/mol. The van der Waals surface area contributed by atoms with Crippen LogP contribution in [0, 0.1) is 17.2 Å². The number of carbonyl (C=O) groups excluding carboxylic acids is 1. The number of nitrogens with zero attached hydrogens (tertiary/aromatic N) is 2. The maximum Gasteiger partial charge on any atom is 0.321 e. The number of aliphatic hydroxyl groups is 1. The summed E-state index contributed by atoms with van der Waals surface area (Å²) in [6, 6.07) is 9.14. The predicted molar refractivity (Wildman–Crippen MR) is 120 cm³/mol. The van der Waals surface area contributed by atoms with Gasteiger partial charge in [0.1, 0.15) is 5.82 Å². The molecule has 1 aliphatic heterocycles. The van der Waals surface area contributed by atoms with Crippen molar-refractivity contribution in [3.8, 4) is 0 Å². The quantitative estimate of drug-likeness (QED) is 0.506. The van der Waals surface area contributed by atoms with Gasteiger partial charge in [-0.1, -0.05) is 25.4 Å². The van der Waals surface area contributed by atoms with Gasteiger partial charge in [-0.05, 0) is 60.6 Å². The predicted octanol–water partition coefficient (Wildman–Crippen LogP) is 5.36. The highest BCUT2D eigenvalue weighted by Crippen LogP contribution is 2.46. The lowest BCUT2D eigenvalue weighted by molar-refractivity contribution is -0.0138. The van der Waals surface area contributed by atoms with Crippen LogP contribution in [0.1, 0.15) is 38.4 Å². The number of nitrogens with one attached hydrogen (secondary N) is 2. The number of rotatable bonds is 4. The Bertz CT molecular complexity index is 1070. The van der Waals surface area contributed by atoms with Crippen molar-refractivity contribution in [3.63, 3.8) is 0 Å². The normalized spacial score (nSPS) is 16.5. The van der Waals surface area contributed by atoms with E-state index in [0.717, 1.165) is 29.3 Å². The van der Waals surface area contributed by atoms with Crippen molar-refractivity contribution < 1.29 is 14.3 Å². The zero-order chi connectivity index (χ0) is 22.2. The van der Waals surface area contributed by atoms with E-state index in [1.165, 1.54) is 12.1 Å². The minimum absolute atomic E-state index is 0.197. The highest BCUT2D eigenvalue weighted by molar-refractivity contribution is 6.31. The molecule has 31 heavy (non-hydrogen) atoms. The fourth-order valence-corrected chi connectivity index (χ4v) is 4.68. The van der Waals surface area contributed by atoms with E-state index in [1.807, 2.05) is 6.07 Å². The standard InChI is InChI=1S/C23H26ClFN4O2/c1-23(2,21(30)19-12-16(24)11-14-13-26-28-20(14)19)15-7-9-29(10-8-15)22(31)27-18-5-3-17(25)4-6-18/h3-6,11-13,15,21,30H,7-10H2,1-2H3,(H,26,28)(H,27,31)/t21-/m1/s1. The van der Waals surface area contributed by atoms with Gasteiger partial charge in [0, 0.05) is 34.7 Å². The Hall–Kier alpha value is -2.64. The van der Waals surface area contributed by atoms with Crippen LogP contribution in [0.25, 0.3) is 10.9 Å². The number of H-pyrrole nitrogens is 1. The summed E-state index contributed by atoms with van der Waals surface area (Å²) in [5, 5.41) is 22.6. The number of anilines is 1. The summed E-state index contributed by atoms with van der Waals surface area (Å²) >= 11 is 6.27. The number of aliphatic hydroxyl groups excluding tert-OH is 1. The second-order valence-corrected chi connectivity index (χ2v) is 9.19. The van der Waals surface area contributed by atoms with Gasteiger partial charge in [0.25, 0.3) is 0 Å². The average molecular weight is 445 g/mol. The largest absolute Gasteiger partial charge is 0.388 e. The molecule has 0 spiro atoms. The van der Waals surface area contributed by atoms with Gasteiger partial charge in [0.05, 0.1) is 17.8 Å². The Morgan fingerprint density at radius 1 is 1.29 bits per heavy atom. The molecule has 3 N–H and O–H groups in total. The molecular formula is C23H26ClFN4O2. The van der Waals surface area contributed by atoms with Crippen molar-refractivity contribution in [3.05, 3.63) is 59.0 Å². The summed E-state index contributed by atoms with van der Waals surface area (Å²) in [6.45, 7) is 5.28. The molecule has 0 radical (unpaired) electrons. The van der Waals surface area contributed by atoms with Crippen LogP contribution in [0.3, 0.4) is 0 Å². The van der Waals surface area contributed by atoms with Crippen LogP contribution in [-0.2, 0) is 0 Å². The molecule has 2 heterocycles. The average Bonchev–Trinajstić information content (AvgIpc) is 3.22. The summed E-state index contributed by atoms with van der Waals surface area (Å²) in [7, 11) is 0. The highest BCUT2D eigenvalue weighted by Gasteiger charge is 2.40. The number of aromatic amines is 1. The van der Waals surface area contributed by atoms with E-state index in [4.69, 9.17) is 11.6 Å². The maximum absolute atomic E-state index is 13.1. The molecule has 1 saturated heterocycles. The zero-order valence-electron chi connectivity index (χ0n) is 17.5. The van der Waals surface area contributed by atoms with Gasteiger partial charge in [0.2, 0.25) is 0 Å². The number of amides is 2. The van der Waals surface area contributed by atoms with Crippen molar-refractivity contribution >= 4 is 34.2 Å². The lowest BCUT2D eigenvalue weighted by Crippen LogP contribution is -2.45. The van der Waals surface area contributed by atoms with Crippen LogP contribution in [0.2, 0.25) is 5.02 Å². The first kappa shape index (κ1) is 21.6. The third kappa shape index (κ3) is 4.38. The number of benzene rings is 2. The van der Waals surface area contributed by atoms with E-state index < -0.39 is 11.5 Å². The van der Waals surface area contributed by atoms with Crippen LogP contribution < -0.4 is 5.32 Å². The van der Waals surface area contributed by atoms with Crippen molar-refractivity contribution in [1.82, 2.24) is 15.1 Å². The lowest BCUT2D eigenvalue weighted by Gasteiger charge is -2.43. The fourth-order valence-electron chi connectivity index (χ4n) is 4.45. The monoisotopic (exact) mass is 444 g/mol. The topological polar surface area (TPSA) is 81.2 Å². The Labute approximate surface area is 185 Å². The maximum atomic E-state index is 13.1. The molecule has 0 bridgehead atoms. The van der Waals surface area contributed by atoms with E-state index in [-0.39, 0.29) is 17.8 Å². The van der Waals surface area contributed by atoms with Crippen molar-refractivity contribution in [1.29, 1.82) is 0 Å². The Morgan fingerprint density at radius 3 is 2.65 bits per heavy atom. The molecule has 1 atom stereocenters. The van der Waals surface area contributed by atoms with E-state index in [9.17, 15) is 14.3 Å². The molecule has 164 valence electrons. The molecule has 1 aromatic heterocycles. The molecule has 3 aromatic rings. The van der Waals surface area contributed by atoms with E-state index >= 15 is 0 Å². The van der Waals surface area contributed by atoms with Crippen LogP contribution in [0.4, 0.5) is 14.9 Å². The molecule has 1 fully saturated rings. The van der Waals surface area contributed by atoms with Crippen molar-refractivity contribution in [2.24, 2.45) is 11.3 Å². The Kier molecular flexibility index (Phi) is 5.90. The number of likely N-dealkylation sites (tertiary alicyclic amines) is 1. The molecule has 4 rings (SSSR count). The van der Waals surface area contributed by atoms with Crippen LogP contribution in [0.5, 0.6) is 0 Å². The molecule has 0 saturated carbocycles. The molecule has 1 aliphatic rings. The molecule has 8 heteroatoms. The summed E-state index contributed by atoms with van der Waals surface area (Å²) < 4.78 is 13.1. The van der Waals surface area contributed by atoms with Gasteiger partial charge >= 0.3 is 6.03 Å². The minimum Gasteiger partial charge on any atom is -0.388 e. The number of urea groups is 1. The second-order valence-electron chi connectivity index (χ2n) is 8.75. The molecule has 0 unspecified atom stereocenters. The Morgan fingerprint density at radius 2 is 1.97 bits per heavy atom. The third-order valence-corrected chi connectivity index (χ3v) is 6.69. The van der Waals surface area contributed by atoms with E-state index in [0.29, 0.717) is 23.8 Å². The highest BCUT2D eigenvalue weighted by atomic mass is 35.5.